The summed E-state index contributed by atoms with van der Waals surface area (Å²) < 4.78 is 5.13. The average molecular weight is 219 g/mol. The molecule has 1 N–H and O–H groups in total. The Hall–Kier alpha value is -1.84. The van der Waals surface area contributed by atoms with Crippen molar-refractivity contribution < 1.29 is 14.3 Å². The number of hydrogen-bond acceptors (Lipinski definition) is 3. The minimum Gasteiger partial charge on any atom is -0.496 e. The fraction of sp³-hybridized carbons (Fsp3) is 0.333. The van der Waals surface area contributed by atoms with Gasteiger partial charge in [-0.25, -0.2) is 0 Å². The Labute approximate surface area is 93.6 Å². The molecule has 0 fully saturated rings. The summed E-state index contributed by atoms with van der Waals surface area (Å²) in [6, 6.07) is 3.50. The average Bonchev–Trinajstić information content (AvgIpc) is 2.47. The van der Waals surface area contributed by atoms with Crippen LogP contribution in [0.1, 0.15) is 28.8 Å². The quantitative estimate of drug-likeness (QED) is 0.771. The smallest absolute Gasteiger partial charge is 0.224 e. The van der Waals surface area contributed by atoms with Gasteiger partial charge in [-0.1, -0.05) is 0 Å². The third kappa shape index (κ3) is 1.91. The van der Waals surface area contributed by atoms with Crippen LogP contribution in [0.5, 0.6) is 5.75 Å². The molecule has 0 bridgehead atoms. The molecule has 0 unspecified atom stereocenters. The van der Waals surface area contributed by atoms with Gasteiger partial charge in [-0.3, -0.25) is 9.59 Å². The first-order chi connectivity index (χ1) is 7.74. The molecule has 0 saturated carbocycles. The van der Waals surface area contributed by atoms with Crippen LogP contribution in [0.4, 0.5) is 5.69 Å². The molecule has 0 radical (unpaired) electrons. The number of benzene rings is 1. The number of methoxy groups -OCH3 is 1. The Morgan fingerprint density at radius 3 is 2.88 bits per heavy atom. The second-order valence-electron chi connectivity index (χ2n) is 3.77. The number of fused-ring (bicyclic) bond motifs is 1. The van der Waals surface area contributed by atoms with Gasteiger partial charge in [0, 0.05) is 12.1 Å². The van der Waals surface area contributed by atoms with Gasteiger partial charge in [0.25, 0.3) is 0 Å². The van der Waals surface area contributed by atoms with Crippen molar-refractivity contribution in [3.05, 3.63) is 23.3 Å². The van der Waals surface area contributed by atoms with Crippen LogP contribution >= 0.6 is 0 Å². The lowest BCUT2D eigenvalue weighted by Crippen LogP contribution is -2.09. The summed E-state index contributed by atoms with van der Waals surface area (Å²) in [7, 11) is 1.53. The van der Waals surface area contributed by atoms with Crippen LogP contribution in [0.3, 0.4) is 0 Å². The molecule has 4 heteroatoms. The lowest BCUT2D eigenvalue weighted by atomic mass is 10.0. The fourth-order valence-electron chi connectivity index (χ4n) is 1.88. The molecule has 0 aromatic heterocycles. The van der Waals surface area contributed by atoms with Crippen molar-refractivity contribution in [2.45, 2.75) is 19.3 Å². The van der Waals surface area contributed by atoms with Crippen LogP contribution in [-0.2, 0) is 11.2 Å². The third-order valence-corrected chi connectivity index (χ3v) is 2.71. The van der Waals surface area contributed by atoms with Crippen LogP contribution < -0.4 is 10.1 Å². The molecule has 0 atom stereocenters. The highest BCUT2D eigenvalue weighted by Crippen LogP contribution is 2.29. The summed E-state index contributed by atoms with van der Waals surface area (Å²) in [5.41, 5.74) is 2.21. The Balaban J connectivity index is 2.48. The zero-order chi connectivity index (χ0) is 11.5. The van der Waals surface area contributed by atoms with Gasteiger partial charge in [0.15, 0.2) is 6.29 Å². The molecule has 1 heterocycles. The highest BCUT2D eigenvalue weighted by Gasteiger charge is 2.15. The first kappa shape index (κ1) is 10.7. The van der Waals surface area contributed by atoms with Gasteiger partial charge >= 0.3 is 0 Å². The number of carbonyl (C=O) groups excluding carboxylic acids is 2. The molecular formula is C12H13NO3. The van der Waals surface area contributed by atoms with E-state index in [4.69, 9.17) is 4.74 Å². The van der Waals surface area contributed by atoms with Crippen molar-refractivity contribution in [2.75, 3.05) is 12.4 Å². The standard InChI is InChI=1S/C12H13NO3/c1-16-11-6-8-3-2-4-12(15)13-10(8)5-9(11)7-14/h5-7H,2-4H2,1H3,(H,13,15). The van der Waals surface area contributed by atoms with E-state index in [0.29, 0.717) is 17.7 Å². The predicted octanol–water partition coefficient (Wildman–Crippen LogP) is 1.78. The van der Waals surface area contributed by atoms with E-state index in [1.165, 1.54) is 7.11 Å². The summed E-state index contributed by atoms with van der Waals surface area (Å²) in [4.78, 5) is 22.2. The minimum absolute atomic E-state index is 0.000709. The van der Waals surface area contributed by atoms with Gasteiger partial charge in [0.2, 0.25) is 5.91 Å². The third-order valence-electron chi connectivity index (χ3n) is 2.71. The van der Waals surface area contributed by atoms with Crippen molar-refractivity contribution in [3.8, 4) is 5.75 Å². The molecule has 0 saturated heterocycles. The summed E-state index contributed by atoms with van der Waals surface area (Å²) in [6.45, 7) is 0. The summed E-state index contributed by atoms with van der Waals surface area (Å²) in [6.07, 6.45) is 2.90. The van der Waals surface area contributed by atoms with E-state index in [2.05, 4.69) is 5.32 Å². The summed E-state index contributed by atoms with van der Waals surface area (Å²) in [5.74, 6) is 0.561. The van der Waals surface area contributed by atoms with Gasteiger partial charge in [-0.05, 0) is 30.5 Å². The zero-order valence-corrected chi connectivity index (χ0v) is 9.08. The van der Waals surface area contributed by atoms with Crippen molar-refractivity contribution in [1.82, 2.24) is 0 Å². The van der Waals surface area contributed by atoms with Crippen molar-refractivity contribution >= 4 is 17.9 Å². The molecular weight excluding hydrogens is 206 g/mol. The van der Waals surface area contributed by atoms with E-state index in [-0.39, 0.29) is 5.91 Å². The number of amides is 1. The molecule has 0 aliphatic carbocycles. The van der Waals surface area contributed by atoms with Gasteiger partial charge in [0.1, 0.15) is 5.75 Å². The number of anilines is 1. The molecule has 16 heavy (non-hydrogen) atoms. The van der Waals surface area contributed by atoms with E-state index in [0.717, 1.165) is 30.4 Å². The van der Waals surface area contributed by atoms with Crippen LogP contribution in [0.25, 0.3) is 0 Å². The topological polar surface area (TPSA) is 55.4 Å². The van der Waals surface area contributed by atoms with E-state index in [1.807, 2.05) is 6.07 Å². The monoisotopic (exact) mass is 219 g/mol. The minimum atomic E-state index is 0.000709. The van der Waals surface area contributed by atoms with Gasteiger partial charge in [0.05, 0.1) is 12.7 Å². The second-order valence-corrected chi connectivity index (χ2v) is 3.77. The first-order valence-electron chi connectivity index (χ1n) is 5.20. The number of ether oxygens (including phenoxy) is 1. The molecule has 4 nitrogen and oxygen atoms in total. The number of carbonyl (C=O) groups is 2. The van der Waals surface area contributed by atoms with Crippen molar-refractivity contribution in [2.24, 2.45) is 0 Å². The van der Waals surface area contributed by atoms with E-state index >= 15 is 0 Å². The Morgan fingerprint density at radius 1 is 1.38 bits per heavy atom. The predicted molar refractivity (Wildman–Crippen MR) is 59.9 cm³/mol. The number of rotatable bonds is 2. The molecule has 1 aliphatic heterocycles. The maximum Gasteiger partial charge on any atom is 0.224 e. The molecule has 1 aromatic rings. The van der Waals surface area contributed by atoms with Crippen LogP contribution in [0, 0.1) is 0 Å². The fourth-order valence-corrected chi connectivity index (χ4v) is 1.88. The number of aldehydes is 1. The maximum atomic E-state index is 11.4. The van der Waals surface area contributed by atoms with Crippen LogP contribution in [-0.4, -0.2) is 19.3 Å². The molecule has 0 spiro atoms. The van der Waals surface area contributed by atoms with Crippen molar-refractivity contribution in [1.29, 1.82) is 0 Å². The summed E-state index contributed by atoms with van der Waals surface area (Å²) in [5, 5.41) is 2.80. The highest BCUT2D eigenvalue weighted by atomic mass is 16.5. The Kier molecular flexibility index (Phi) is 2.90. The van der Waals surface area contributed by atoms with Crippen molar-refractivity contribution in [3.63, 3.8) is 0 Å². The Morgan fingerprint density at radius 2 is 2.19 bits per heavy atom. The van der Waals surface area contributed by atoms with Crippen LogP contribution in [0.15, 0.2) is 12.1 Å². The number of nitrogens with one attached hydrogen (secondary N) is 1. The lowest BCUT2D eigenvalue weighted by Gasteiger charge is -2.10. The maximum absolute atomic E-state index is 11.4. The lowest BCUT2D eigenvalue weighted by molar-refractivity contribution is -0.116. The summed E-state index contributed by atoms with van der Waals surface area (Å²) >= 11 is 0. The molecule has 1 amide bonds. The molecule has 1 aliphatic rings. The number of hydrogen-bond donors (Lipinski definition) is 1. The van der Waals surface area contributed by atoms with E-state index < -0.39 is 0 Å². The highest BCUT2D eigenvalue weighted by molar-refractivity contribution is 5.94. The first-order valence-corrected chi connectivity index (χ1v) is 5.20. The normalized spacial score (nSPS) is 14.7. The number of aryl methyl sites for hydroxylation is 1. The molecule has 2 rings (SSSR count). The Bertz CT molecular complexity index is 440. The second kappa shape index (κ2) is 4.35. The largest absolute Gasteiger partial charge is 0.496 e. The van der Waals surface area contributed by atoms with Crippen LogP contribution in [0.2, 0.25) is 0 Å². The van der Waals surface area contributed by atoms with E-state index in [1.54, 1.807) is 6.07 Å². The molecule has 1 aromatic carbocycles. The zero-order valence-electron chi connectivity index (χ0n) is 9.08. The van der Waals surface area contributed by atoms with Gasteiger partial charge in [-0.15, -0.1) is 0 Å². The SMILES string of the molecule is COc1cc2c(cc1C=O)NC(=O)CCC2. The van der Waals surface area contributed by atoms with Gasteiger partial charge < -0.3 is 10.1 Å². The van der Waals surface area contributed by atoms with Gasteiger partial charge in [-0.2, -0.15) is 0 Å². The molecule has 84 valence electrons. The van der Waals surface area contributed by atoms with E-state index in [9.17, 15) is 9.59 Å².